The molecule has 48 valence electrons. The van der Waals surface area contributed by atoms with Crippen molar-refractivity contribution in [2.75, 3.05) is 20.8 Å². The Morgan fingerprint density at radius 3 is 2.38 bits per heavy atom. The summed E-state index contributed by atoms with van der Waals surface area (Å²) in [6.45, 7) is 0.140. The lowest BCUT2D eigenvalue weighted by atomic mass is 10.9. The number of rotatable bonds is 3. The van der Waals surface area contributed by atoms with E-state index >= 15 is 0 Å². The number of hydrogen-bond donors (Lipinski definition) is 0. The van der Waals surface area contributed by atoms with E-state index in [-0.39, 0.29) is 13.2 Å². The van der Waals surface area contributed by atoms with Crippen molar-refractivity contribution in [3.8, 4) is 0 Å². The van der Waals surface area contributed by atoms with Crippen LogP contribution in [0.2, 0.25) is 0 Å². The molecule has 0 amide bonds. The molecule has 0 spiro atoms. The zero-order chi connectivity index (χ0) is 6.62. The van der Waals surface area contributed by atoms with Crippen LogP contribution in [0.4, 0.5) is 0 Å². The van der Waals surface area contributed by atoms with Crippen LogP contribution in [0.5, 0.6) is 0 Å². The molecular formula is C4H9NO3. The highest BCUT2D eigenvalue weighted by Crippen LogP contribution is 1.89. The highest BCUT2D eigenvalue weighted by molar-refractivity contribution is 5.36. The van der Waals surface area contributed by atoms with Crippen molar-refractivity contribution in [2.24, 2.45) is 0 Å². The summed E-state index contributed by atoms with van der Waals surface area (Å²) >= 11 is 0. The third kappa shape index (κ3) is 5.39. The first kappa shape index (κ1) is 7.39. The molecule has 0 saturated carbocycles. The third-order valence-corrected chi connectivity index (χ3v) is 0.453. The minimum atomic E-state index is -0.598. The van der Waals surface area contributed by atoms with Crippen molar-refractivity contribution in [3.63, 3.8) is 0 Å². The summed E-state index contributed by atoms with van der Waals surface area (Å²) in [5.41, 5.74) is 0. The average Bonchev–Trinajstić information content (AvgIpc) is 1.59. The van der Waals surface area contributed by atoms with Crippen LogP contribution >= 0.6 is 0 Å². The van der Waals surface area contributed by atoms with E-state index < -0.39 is 4.65 Å². The molecule has 0 aromatic rings. The standard InChI is InChI=1S/C4H9NO3/c1-5(2,7)3-8-4-6/h4H,3H2,1-2H3. The van der Waals surface area contributed by atoms with Crippen molar-refractivity contribution < 1.29 is 14.2 Å². The summed E-state index contributed by atoms with van der Waals surface area (Å²) in [6, 6.07) is 0. The monoisotopic (exact) mass is 119 g/mol. The molecule has 0 radical (unpaired) electrons. The number of nitrogens with zero attached hydrogens (tertiary/aromatic N) is 1. The SMILES string of the molecule is C[N+](C)([O-])COC=O. The lowest BCUT2D eigenvalue weighted by molar-refractivity contribution is -0.858. The van der Waals surface area contributed by atoms with Gasteiger partial charge in [0.05, 0.1) is 14.1 Å². The summed E-state index contributed by atoms with van der Waals surface area (Å²) in [5, 5.41) is 10.5. The van der Waals surface area contributed by atoms with Crippen LogP contribution in [0, 0.1) is 5.21 Å². The summed E-state index contributed by atoms with van der Waals surface area (Å²) in [4.78, 5) is 9.48. The van der Waals surface area contributed by atoms with Crippen LogP contribution in [-0.2, 0) is 9.53 Å². The summed E-state index contributed by atoms with van der Waals surface area (Å²) in [7, 11) is 2.78. The van der Waals surface area contributed by atoms with Gasteiger partial charge in [0.15, 0.2) is 0 Å². The van der Waals surface area contributed by atoms with Crippen molar-refractivity contribution in [1.29, 1.82) is 0 Å². The summed E-state index contributed by atoms with van der Waals surface area (Å²) in [6.07, 6.45) is 0. The zero-order valence-electron chi connectivity index (χ0n) is 4.96. The van der Waals surface area contributed by atoms with Gasteiger partial charge < -0.3 is 14.6 Å². The van der Waals surface area contributed by atoms with Gasteiger partial charge in [0.25, 0.3) is 6.47 Å². The molecule has 8 heavy (non-hydrogen) atoms. The lowest BCUT2D eigenvalue weighted by Gasteiger charge is -2.31. The Balaban J connectivity index is 3.24. The molecule has 0 N–H and O–H groups in total. The van der Waals surface area contributed by atoms with Crippen LogP contribution in [0.15, 0.2) is 0 Å². The fourth-order valence-corrected chi connectivity index (χ4v) is 0.210. The molecule has 0 aromatic heterocycles. The van der Waals surface area contributed by atoms with Crippen molar-refractivity contribution in [1.82, 2.24) is 0 Å². The molecular weight excluding hydrogens is 110 g/mol. The first-order valence-electron chi connectivity index (χ1n) is 2.15. The van der Waals surface area contributed by atoms with Crippen molar-refractivity contribution >= 4 is 6.47 Å². The maximum Gasteiger partial charge on any atom is 0.297 e. The smallest absolute Gasteiger partial charge is 0.297 e. The second-order valence-corrected chi connectivity index (χ2v) is 1.97. The van der Waals surface area contributed by atoms with E-state index in [4.69, 9.17) is 0 Å². The predicted molar refractivity (Wildman–Crippen MR) is 27.5 cm³/mol. The van der Waals surface area contributed by atoms with Gasteiger partial charge in [0, 0.05) is 0 Å². The van der Waals surface area contributed by atoms with Gasteiger partial charge >= 0.3 is 0 Å². The second kappa shape index (κ2) is 2.64. The van der Waals surface area contributed by atoms with Crippen molar-refractivity contribution in [2.45, 2.75) is 0 Å². The van der Waals surface area contributed by atoms with E-state index in [0.29, 0.717) is 0 Å². The molecule has 0 atom stereocenters. The molecule has 0 heterocycles. The predicted octanol–water partition coefficient (Wildman–Crippen LogP) is -0.309. The topological polar surface area (TPSA) is 49.4 Å². The third-order valence-electron chi connectivity index (χ3n) is 0.453. The number of ether oxygens (including phenoxy) is 1. The highest BCUT2D eigenvalue weighted by atomic mass is 16.6. The van der Waals surface area contributed by atoms with E-state index in [0.717, 1.165) is 0 Å². The van der Waals surface area contributed by atoms with E-state index in [2.05, 4.69) is 4.74 Å². The van der Waals surface area contributed by atoms with Gasteiger partial charge in [0.1, 0.15) is 0 Å². The maximum atomic E-state index is 10.5. The Labute approximate surface area is 47.8 Å². The number of carbonyl (C=O) groups excluding carboxylic acids is 1. The van der Waals surface area contributed by atoms with Crippen LogP contribution < -0.4 is 0 Å². The molecule has 0 bridgehead atoms. The molecule has 4 heteroatoms. The molecule has 0 aliphatic heterocycles. The second-order valence-electron chi connectivity index (χ2n) is 1.97. The molecule has 0 unspecified atom stereocenters. The van der Waals surface area contributed by atoms with Gasteiger partial charge in [0.2, 0.25) is 6.73 Å². The quantitative estimate of drug-likeness (QED) is 0.221. The van der Waals surface area contributed by atoms with E-state index in [1.807, 2.05) is 0 Å². The number of hydroxylamine groups is 3. The Morgan fingerprint density at radius 2 is 2.25 bits per heavy atom. The van der Waals surface area contributed by atoms with Gasteiger partial charge in [-0.3, -0.25) is 4.79 Å². The Hall–Kier alpha value is -0.610. The Kier molecular flexibility index (Phi) is 2.44. The summed E-state index contributed by atoms with van der Waals surface area (Å²) in [5.74, 6) is 0. The van der Waals surface area contributed by atoms with Crippen LogP contribution in [0.25, 0.3) is 0 Å². The normalized spacial score (nSPS) is 10.9. The molecule has 0 aliphatic carbocycles. The Bertz CT molecular complexity index is 75.8. The fraction of sp³-hybridized carbons (Fsp3) is 0.750. The lowest BCUT2D eigenvalue weighted by Crippen LogP contribution is -2.34. The average molecular weight is 119 g/mol. The van der Waals surface area contributed by atoms with Gasteiger partial charge in [-0.2, -0.15) is 0 Å². The first-order valence-corrected chi connectivity index (χ1v) is 2.15. The number of hydrogen-bond acceptors (Lipinski definition) is 3. The van der Waals surface area contributed by atoms with Crippen LogP contribution in [0.3, 0.4) is 0 Å². The molecule has 0 fully saturated rings. The Morgan fingerprint density at radius 1 is 1.75 bits per heavy atom. The van der Waals surface area contributed by atoms with E-state index in [9.17, 15) is 10.0 Å². The van der Waals surface area contributed by atoms with E-state index in [1.165, 1.54) is 14.1 Å². The maximum absolute atomic E-state index is 10.5. The van der Waals surface area contributed by atoms with Gasteiger partial charge in [-0.1, -0.05) is 0 Å². The van der Waals surface area contributed by atoms with Gasteiger partial charge in [-0.05, 0) is 0 Å². The molecule has 0 saturated heterocycles. The molecule has 0 rings (SSSR count). The van der Waals surface area contributed by atoms with Crippen LogP contribution in [0.1, 0.15) is 0 Å². The highest BCUT2D eigenvalue weighted by Gasteiger charge is 1.97. The number of quaternary nitrogens is 1. The molecule has 4 nitrogen and oxygen atoms in total. The minimum absolute atomic E-state index is 0.122. The first-order chi connectivity index (χ1) is 3.56. The minimum Gasteiger partial charge on any atom is -0.631 e. The zero-order valence-corrected chi connectivity index (χ0v) is 4.96. The van der Waals surface area contributed by atoms with Crippen LogP contribution in [-0.4, -0.2) is 31.9 Å². The van der Waals surface area contributed by atoms with Gasteiger partial charge in [-0.15, -0.1) is 0 Å². The molecule has 0 aromatic carbocycles. The molecule has 0 aliphatic rings. The van der Waals surface area contributed by atoms with Crippen molar-refractivity contribution in [3.05, 3.63) is 5.21 Å². The van der Waals surface area contributed by atoms with Gasteiger partial charge in [-0.25, -0.2) is 0 Å². The fourth-order valence-electron chi connectivity index (χ4n) is 0.210. The number of carbonyl (C=O) groups is 1. The van der Waals surface area contributed by atoms with E-state index in [1.54, 1.807) is 0 Å². The largest absolute Gasteiger partial charge is 0.631 e. The summed E-state index contributed by atoms with van der Waals surface area (Å²) < 4.78 is 3.58.